The predicted octanol–water partition coefficient (Wildman–Crippen LogP) is 3.61. The van der Waals surface area contributed by atoms with E-state index in [1.807, 2.05) is 12.1 Å². The van der Waals surface area contributed by atoms with Crippen LogP contribution in [0.1, 0.15) is 43.6 Å². The lowest BCUT2D eigenvalue weighted by atomic mass is 9.76. The third-order valence-corrected chi connectivity index (χ3v) is 5.90. The normalized spacial score (nSPS) is 34.6. The molecule has 1 aromatic rings. The Morgan fingerprint density at radius 2 is 1.91 bits per heavy atom. The van der Waals surface area contributed by atoms with Crippen molar-refractivity contribution in [1.82, 2.24) is 4.90 Å². The number of halogens is 1. The number of ether oxygens (including phenoxy) is 1. The maximum absolute atomic E-state index is 12.8. The van der Waals surface area contributed by atoms with Crippen LogP contribution in [-0.4, -0.2) is 36.1 Å². The van der Waals surface area contributed by atoms with Crippen LogP contribution in [0, 0.1) is 5.92 Å². The van der Waals surface area contributed by atoms with Gasteiger partial charge in [0.05, 0.1) is 5.92 Å². The SMILES string of the molecule is CN1C2CC[C@@H]1C[C@H](c1ccc(Cl)cc1)C2C(=O)OC1CC1. The molecule has 1 aromatic carbocycles. The minimum Gasteiger partial charge on any atom is -0.462 e. The lowest BCUT2D eigenvalue weighted by Crippen LogP contribution is -2.49. The fourth-order valence-electron chi connectivity index (χ4n) is 4.27. The number of carbonyl (C=O) groups is 1. The first-order valence-electron chi connectivity index (χ1n) is 8.31. The maximum atomic E-state index is 12.8. The fraction of sp³-hybridized carbons (Fsp3) is 0.611. The largest absolute Gasteiger partial charge is 0.462 e. The van der Waals surface area contributed by atoms with Crippen LogP contribution in [0.4, 0.5) is 0 Å². The predicted molar refractivity (Wildman–Crippen MR) is 86.0 cm³/mol. The van der Waals surface area contributed by atoms with E-state index in [9.17, 15) is 4.79 Å². The number of hydrogen-bond donors (Lipinski definition) is 0. The van der Waals surface area contributed by atoms with Crippen LogP contribution >= 0.6 is 11.6 Å². The second kappa shape index (κ2) is 5.54. The Labute approximate surface area is 136 Å². The van der Waals surface area contributed by atoms with Crippen LogP contribution in [-0.2, 0) is 9.53 Å². The van der Waals surface area contributed by atoms with Gasteiger partial charge in [-0.2, -0.15) is 0 Å². The van der Waals surface area contributed by atoms with Gasteiger partial charge in [-0.15, -0.1) is 0 Å². The molecule has 0 amide bonds. The summed E-state index contributed by atoms with van der Waals surface area (Å²) < 4.78 is 5.68. The molecule has 0 spiro atoms. The van der Waals surface area contributed by atoms with E-state index in [2.05, 4.69) is 24.1 Å². The van der Waals surface area contributed by atoms with Crippen molar-refractivity contribution in [2.45, 2.75) is 56.2 Å². The Morgan fingerprint density at radius 1 is 1.18 bits per heavy atom. The summed E-state index contributed by atoms with van der Waals surface area (Å²) in [6.07, 6.45) is 5.59. The van der Waals surface area contributed by atoms with Gasteiger partial charge in [0.2, 0.25) is 0 Å². The molecule has 4 rings (SSSR count). The summed E-state index contributed by atoms with van der Waals surface area (Å²) in [5.74, 6) is 0.238. The van der Waals surface area contributed by atoms with Crippen molar-refractivity contribution in [3.63, 3.8) is 0 Å². The van der Waals surface area contributed by atoms with Gasteiger partial charge in [-0.1, -0.05) is 23.7 Å². The molecule has 2 saturated heterocycles. The van der Waals surface area contributed by atoms with E-state index in [0.29, 0.717) is 12.1 Å². The van der Waals surface area contributed by atoms with E-state index < -0.39 is 0 Å². The molecule has 3 fully saturated rings. The number of piperidine rings is 1. The first-order chi connectivity index (χ1) is 10.6. The first-order valence-corrected chi connectivity index (χ1v) is 8.69. The summed E-state index contributed by atoms with van der Waals surface area (Å²) in [6, 6.07) is 8.94. The summed E-state index contributed by atoms with van der Waals surface area (Å²) in [4.78, 5) is 15.2. The molecule has 2 unspecified atom stereocenters. The van der Waals surface area contributed by atoms with Crippen LogP contribution < -0.4 is 0 Å². The Hall–Kier alpha value is -1.06. The summed E-state index contributed by atoms with van der Waals surface area (Å²) in [5, 5.41) is 0.747. The van der Waals surface area contributed by atoms with Gasteiger partial charge in [-0.05, 0) is 56.8 Å². The molecule has 2 aliphatic heterocycles. The van der Waals surface area contributed by atoms with E-state index >= 15 is 0 Å². The van der Waals surface area contributed by atoms with Gasteiger partial charge in [0.1, 0.15) is 6.10 Å². The van der Waals surface area contributed by atoms with Crippen molar-refractivity contribution in [1.29, 1.82) is 0 Å². The third-order valence-electron chi connectivity index (χ3n) is 5.65. The number of rotatable bonds is 3. The van der Waals surface area contributed by atoms with Gasteiger partial charge in [-0.3, -0.25) is 9.69 Å². The Kier molecular flexibility index (Phi) is 3.66. The zero-order valence-electron chi connectivity index (χ0n) is 12.9. The number of benzene rings is 1. The van der Waals surface area contributed by atoms with Gasteiger partial charge in [0, 0.05) is 23.0 Å². The number of nitrogens with zero attached hydrogens (tertiary/aromatic N) is 1. The highest BCUT2D eigenvalue weighted by Crippen LogP contribution is 2.47. The minimum atomic E-state index is -0.0366. The molecule has 4 atom stereocenters. The van der Waals surface area contributed by atoms with E-state index in [-0.39, 0.29) is 23.9 Å². The molecular weight excluding hydrogens is 298 g/mol. The van der Waals surface area contributed by atoms with Crippen molar-refractivity contribution in [2.24, 2.45) is 5.92 Å². The monoisotopic (exact) mass is 319 g/mol. The minimum absolute atomic E-state index is 0.0136. The van der Waals surface area contributed by atoms with E-state index in [0.717, 1.165) is 30.7 Å². The number of carbonyl (C=O) groups excluding carboxylic acids is 1. The summed E-state index contributed by atoms with van der Waals surface area (Å²) >= 11 is 6.02. The van der Waals surface area contributed by atoms with Crippen LogP contribution in [0.15, 0.2) is 24.3 Å². The van der Waals surface area contributed by atoms with Crippen LogP contribution in [0.3, 0.4) is 0 Å². The van der Waals surface area contributed by atoms with Gasteiger partial charge in [0.15, 0.2) is 0 Å². The summed E-state index contributed by atoms with van der Waals surface area (Å²) in [6.45, 7) is 0. The maximum Gasteiger partial charge on any atom is 0.311 e. The fourth-order valence-corrected chi connectivity index (χ4v) is 4.40. The average Bonchev–Trinajstić information content (AvgIpc) is 3.27. The Morgan fingerprint density at radius 3 is 2.59 bits per heavy atom. The van der Waals surface area contributed by atoms with Gasteiger partial charge < -0.3 is 4.74 Å². The highest BCUT2D eigenvalue weighted by molar-refractivity contribution is 6.30. The van der Waals surface area contributed by atoms with Gasteiger partial charge >= 0.3 is 5.97 Å². The average molecular weight is 320 g/mol. The lowest BCUT2D eigenvalue weighted by molar-refractivity contribution is -0.154. The number of fused-ring (bicyclic) bond motifs is 2. The molecule has 3 nitrogen and oxygen atoms in total. The van der Waals surface area contributed by atoms with Crippen molar-refractivity contribution in [3.8, 4) is 0 Å². The molecule has 2 bridgehead atoms. The zero-order valence-corrected chi connectivity index (χ0v) is 13.6. The molecule has 118 valence electrons. The standard InChI is InChI=1S/C18H22ClNO2/c1-20-13-6-9-16(20)17(18(21)22-14-7-8-14)15(10-13)11-2-4-12(19)5-3-11/h2-5,13-17H,6-10H2,1H3/t13-,15-,16?,17?/m1/s1. The summed E-state index contributed by atoms with van der Waals surface area (Å²) in [5.41, 5.74) is 1.23. The van der Waals surface area contributed by atoms with E-state index in [1.54, 1.807) is 0 Å². The Balaban J connectivity index is 1.64. The van der Waals surface area contributed by atoms with E-state index in [1.165, 1.54) is 12.0 Å². The second-order valence-corrected chi connectivity index (χ2v) is 7.46. The van der Waals surface area contributed by atoms with Crippen LogP contribution in [0.2, 0.25) is 5.02 Å². The summed E-state index contributed by atoms with van der Waals surface area (Å²) in [7, 11) is 2.16. The molecule has 3 aliphatic rings. The quantitative estimate of drug-likeness (QED) is 0.797. The highest BCUT2D eigenvalue weighted by atomic mass is 35.5. The van der Waals surface area contributed by atoms with Crippen LogP contribution in [0.5, 0.6) is 0 Å². The van der Waals surface area contributed by atoms with Crippen molar-refractivity contribution >= 4 is 17.6 Å². The molecule has 22 heavy (non-hydrogen) atoms. The Bertz CT molecular complexity index is 569. The van der Waals surface area contributed by atoms with Gasteiger partial charge in [-0.25, -0.2) is 0 Å². The first kappa shape index (κ1) is 14.5. The zero-order chi connectivity index (χ0) is 15.3. The smallest absolute Gasteiger partial charge is 0.311 e. The van der Waals surface area contributed by atoms with Crippen molar-refractivity contribution in [3.05, 3.63) is 34.9 Å². The van der Waals surface area contributed by atoms with Crippen molar-refractivity contribution < 1.29 is 9.53 Å². The molecule has 1 aliphatic carbocycles. The molecule has 4 heteroatoms. The van der Waals surface area contributed by atoms with Crippen molar-refractivity contribution in [2.75, 3.05) is 7.05 Å². The molecular formula is C18H22ClNO2. The lowest BCUT2D eigenvalue weighted by Gasteiger charge is -2.42. The van der Waals surface area contributed by atoms with Crippen LogP contribution in [0.25, 0.3) is 0 Å². The molecule has 1 saturated carbocycles. The molecule has 0 N–H and O–H groups in total. The van der Waals surface area contributed by atoms with Gasteiger partial charge in [0.25, 0.3) is 0 Å². The second-order valence-electron chi connectivity index (χ2n) is 7.02. The number of esters is 1. The topological polar surface area (TPSA) is 29.5 Å². The number of hydrogen-bond acceptors (Lipinski definition) is 3. The third kappa shape index (κ3) is 2.55. The molecule has 0 radical (unpaired) electrons. The van der Waals surface area contributed by atoms with E-state index in [4.69, 9.17) is 16.3 Å². The molecule has 2 heterocycles. The highest BCUT2D eigenvalue weighted by Gasteiger charge is 2.50. The molecule has 0 aromatic heterocycles.